The van der Waals surface area contributed by atoms with Crippen LogP contribution in [0.5, 0.6) is 0 Å². The highest BCUT2D eigenvalue weighted by Crippen LogP contribution is 2.41. The maximum Gasteiger partial charge on any atom is 0.305 e. The number of rotatable bonds is 12. The Morgan fingerprint density at radius 3 is 2.56 bits per heavy atom. The predicted octanol–water partition coefficient (Wildman–Crippen LogP) is 5.99. The first-order valence-corrected chi connectivity index (χ1v) is 16.3. The van der Waals surface area contributed by atoms with Gasteiger partial charge >= 0.3 is 5.97 Å². The summed E-state index contributed by atoms with van der Waals surface area (Å²) >= 11 is 0. The largest absolute Gasteiger partial charge is 0.469 e. The number of carbonyl (C=O) groups excluding carboxylic acids is 1. The van der Waals surface area contributed by atoms with Gasteiger partial charge in [-0.25, -0.2) is 0 Å². The van der Waals surface area contributed by atoms with Crippen molar-refractivity contribution in [1.82, 2.24) is 0 Å². The molecule has 6 nitrogen and oxygen atoms in total. The van der Waals surface area contributed by atoms with Crippen LogP contribution in [0.3, 0.4) is 0 Å². The van der Waals surface area contributed by atoms with E-state index in [0.717, 1.165) is 32.1 Å². The maximum absolute atomic E-state index is 12.1. The van der Waals surface area contributed by atoms with Crippen LogP contribution >= 0.6 is 0 Å². The molecule has 198 valence electrons. The molecule has 0 radical (unpaired) electrons. The van der Waals surface area contributed by atoms with E-state index < -0.39 is 14.4 Å². The zero-order chi connectivity index (χ0) is 25.4. The van der Waals surface area contributed by atoms with E-state index in [1.165, 1.54) is 20.0 Å². The van der Waals surface area contributed by atoms with Gasteiger partial charge in [0.2, 0.25) is 0 Å². The molecule has 1 saturated heterocycles. The van der Waals surface area contributed by atoms with Gasteiger partial charge in [0.15, 0.2) is 14.6 Å². The van der Waals surface area contributed by atoms with E-state index in [1.54, 1.807) is 0 Å². The average molecular weight is 499 g/mol. The van der Waals surface area contributed by atoms with E-state index >= 15 is 0 Å². The van der Waals surface area contributed by atoms with Crippen molar-refractivity contribution in [2.24, 2.45) is 11.8 Å². The third kappa shape index (κ3) is 8.73. The molecule has 0 bridgehead atoms. The van der Waals surface area contributed by atoms with Crippen LogP contribution in [0.2, 0.25) is 18.1 Å². The van der Waals surface area contributed by atoms with Crippen molar-refractivity contribution in [2.75, 3.05) is 13.7 Å². The normalized spacial score (nSPS) is 29.5. The molecular weight excluding hydrogens is 448 g/mol. The van der Waals surface area contributed by atoms with Gasteiger partial charge < -0.3 is 23.7 Å². The van der Waals surface area contributed by atoms with Gasteiger partial charge in [-0.2, -0.15) is 0 Å². The molecule has 0 spiro atoms. The Hall–Kier alpha value is -0.733. The second-order valence-electron chi connectivity index (χ2n) is 11.6. The monoisotopic (exact) mass is 498 g/mol. The number of aliphatic hydroxyl groups is 1. The first-order valence-electron chi connectivity index (χ1n) is 13.4. The Morgan fingerprint density at radius 1 is 1.24 bits per heavy atom. The maximum atomic E-state index is 12.1. The minimum atomic E-state index is -1.95. The molecule has 1 aliphatic heterocycles. The van der Waals surface area contributed by atoms with E-state index in [1.807, 2.05) is 0 Å². The standard InChI is InChI=1S/C27H50O6Si/c1-8-9-10-13-20(33-34(6,7)27(2,3)4)15-16-21-22(18-25(29)30-5)23(28)19-24(21)32-26-14-11-12-17-31-26/h15-16,20-24,26,28H,8-14,17-19H2,1-7H3/b16-15+/t20?,21-,22-,23+,24-,26?/m1/s1. The number of hydrogen-bond acceptors (Lipinski definition) is 6. The third-order valence-electron chi connectivity index (χ3n) is 7.88. The van der Waals surface area contributed by atoms with Crippen LogP contribution < -0.4 is 0 Å². The van der Waals surface area contributed by atoms with Gasteiger partial charge in [-0.3, -0.25) is 4.79 Å². The molecule has 0 aromatic rings. The summed E-state index contributed by atoms with van der Waals surface area (Å²) in [5, 5.41) is 11.0. The van der Waals surface area contributed by atoms with Crippen LogP contribution in [0.4, 0.5) is 0 Å². The summed E-state index contributed by atoms with van der Waals surface area (Å²) in [6.07, 6.45) is 11.5. The molecule has 1 aliphatic carbocycles. The van der Waals surface area contributed by atoms with Crippen molar-refractivity contribution in [2.45, 2.75) is 128 Å². The highest BCUT2D eigenvalue weighted by Gasteiger charge is 2.44. The molecule has 0 aromatic heterocycles. The van der Waals surface area contributed by atoms with Gasteiger partial charge in [-0.1, -0.05) is 59.1 Å². The fourth-order valence-electron chi connectivity index (χ4n) is 4.67. The fourth-order valence-corrected chi connectivity index (χ4v) is 5.98. The number of unbranched alkanes of at least 4 members (excludes halogenated alkanes) is 2. The van der Waals surface area contributed by atoms with Crippen LogP contribution in [0.1, 0.15) is 85.5 Å². The average Bonchev–Trinajstić information content (AvgIpc) is 3.05. The van der Waals surface area contributed by atoms with Gasteiger partial charge in [0.05, 0.1) is 31.8 Å². The van der Waals surface area contributed by atoms with Gasteiger partial charge in [-0.15, -0.1) is 0 Å². The molecule has 2 rings (SSSR count). The molecule has 0 aromatic carbocycles. The Morgan fingerprint density at radius 2 is 1.97 bits per heavy atom. The SMILES string of the molecule is CCCCCC(/C=C/[C@@H]1[C@@H](CC(=O)OC)[C@@H](O)C[C@H]1OC1CCCCO1)O[Si](C)(C)C(C)(C)C. The Labute approximate surface area is 208 Å². The second-order valence-corrected chi connectivity index (χ2v) is 16.3. The lowest BCUT2D eigenvalue weighted by Gasteiger charge is -2.39. The molecular formula is C27H50O6Si. The van der Waals surface area contributed by atoms with Crippen molar-refractivity contribution >= 4 is 14.3 Å². The van der Waals surface area contributed by atoms with Crippen LogP contribution in [0, 0.1) is 11.8 Å². The van der Waals surface area contributed by atoms with Crippen molar-refractivity contribution in [3.05, 3.63) is 12.2 Å². The Balaban J connectivity index is 2.23. The van der Waals surface area contributed by atoms with Gasteiger partial charge in [0.25, 0.3) is 0 Å². The molecule has 2 unspecified atom stereocenters. The molecule has 6 atom stereocenters. The number of ether oxygens (including phenoxy) is 3. The predicted molar refractivity (Wildman–Crippen MR) is 138 cm³/mol. The molecule has 2 aliphatic rings. The molecule has 7 heteroatoms. The summed E-state index contributed by atoms with van der Waals surface area (Å²) in [6, 6.07) is 0. The van der Waals surface area contributed by atoms with Crippen molar-refractivity contribution in [3.8, 4) is 0 Å². The number of hydrogen-bond donors (Lipinski definition) is 1. The van der Waals surface area contributed by atoms with E-state index in [0.29, 0.717) is 13.0 Å². The molecule has 2 fully saturated rings. The Bertz CT molecular complexity index is 638. The molecule has 1 saturated carbocycles. The van der Waals surface area contributed by atoms with Crippen molar-refractivity contribution in [3.63, 3.8) is 0 Å². The molecule has 34 heavy (non-hydrogen) atoms. The highest BCUT2D eigenvalue weighted by molar-refractivity contribution is 6.74. The lowest BCUT2D eigenvalue weighted by atomic mass is 9.89. The van der Waals surface area contributed by atoms with Crippen molar-refractivity contribution < 1.29 is 28.5 Å². The third-order valence-corrected chi connectivity index (χ3v) is 12.4. The van der Waals surface area contributed by atoms with Crippen LogP contribution in [0.15, 0.2) is 12.2 Å². The van der Waals surface area contributed by atoms with Gasteiger partial charge in [-0.05, 0) is 43.8 Å². The fraction of sp³-hybridized carbons (Fsp3) is 0.889. The summed E-state index contributed by atoms with van der Waals surface area (Å²) in [4.78, 5) is 12.1. The van der Waals surface area contributed by atoms with Crippen LogP contribution in [-0.4, -0.2) is 57.7 Å². The number of esters is 1. The van der Waals surface area contributed by atoms with E-state index in [-0.39, 0.29) is 47.8 Å². The minimum Gasteiger partial charge on any atom is -0.469 e. The first kappa shape index (κ1) is 29.5. The zero-order valence-corrected chi connectivity index (χ0v) is 23.7. The number of methoxy groups -OCH3 is 1. The van der Waals surface area contributed by atoms with E-state index in [2.05, 4.69) is 52.9 Å². The van der Waals surface area contributed by atoms with Crippen molar-refractivity contribution in [1.29, 1.82) is 0 Å². The zero-order valence-electron chi connectivity index (χ0n) is 22.7. The molecule has 1 heterocycles. The number of aliphatic hydroxyl groups excluding tert-OH is 1. The second kappa shape index (κ2) is 13.5. The molecule has 1 N–H and O–H groups in total. The molecule has 0 amide bonds. The Kier molecular flexibility index (Phi) is 11.7. The first-order chi connectivity index (χ1) is 16.0. The van der Waals surface area contributed by atoms with Crippen LogP contribution in [0.25, 0.3) is 0 Å². The smallest absolute Gasteiger partial charge is 0.305 e. The summed E-state index contributed by atoms with van der Waals surface area (Å²) in [7, 11) is -0.548. The highest BCUT2D eigenvalue weighted by atomic mass is 28.4. The summed E-state index contributed by atoms with van der Waals surface area (Å²) in [5.74, 6) is -0.619. The minimum absolute atomic E-state index is 0.0236. The van der Waals surface area contributed by atoms with E-state index in [4.69, 9.17) is 18.6 Å². The summed E-state index contributed by atoms with van der Waals surface area (Å²) in [6.45, 7) is 14.3. The summed E-state index contributed by atoms with van der Waals surface area (Å²) < 4.78 is 23.9. The lowest BCUT2D eigenvalue weighted by molar-refractivity contribution is -0.193. The van der Waals surface area contributed by atoms with Gasteiger partial charge in [0, 0.05) is 24.9 Å². The quantitative estimate of drug-likeness (QED) is 0.154. The topological polar surface area (TPSA) is 74.2 Å². The summed E-state index contributed by atoms with van der Waals surface area (Å²) in [5.41, 5.74) is 0. The number of carbonyl (C=O) groups is 1. The van der Waals surface area contributed by atoms with E-state index in [9.17, 15) is 9.90 Å². The lowest BCUT2D eigenvalue weighted by Crippen LogP contribution is -2.43. The van der Waals surface area contributed by atoms with Crippen LogP contribution in [-0.2, 0) is 23.4 Å². The van der Waals surface area contributed by atoms with Gasteiger partial charge in [0.1, 0.15) is 0 Å².